The maximum absolute atomic E-state index is 12.9. The third-order valence-electron chi connectivity index (χ3n) is 6.20. The highest BCUT2D eigenvalue weighted by atomic mass is 32.2. The number of amides is 1. The Hall–Kier alpha value is -2.18. The molecule has 1 N–H and O–H groups in total. The third kappa shape index (κ3) is 6.17. The van der Waals surface area contributed by atoms with Crippen molar-refractivity contribution in [1.82, 2.24) is 9.62 Å². The van der Waals surface area contributed by atoms with Crippen LogP contribution in [0.25, 0.3) is 0 Å². The van der Waals surface area contributed by atoms with Gasteiger partial charge in [0, 0.05) is 26.1 Å². The Balaban J connectivity index is 1.42. The molecule has 1 fully saturated rings. The lowest BCUT2D eigenvalue weighted by Crippen LogP contribution is -2.39. The summed E-state index contributed by atoms with van der Waals surface area (Å²) in [6.07, 6.45) is 2.89. The number of piperidine rings is 1. The molecule has 2 aromatic rings. The van der Waals surface area contributed by atoms with E-state index >= 15 is 0 Å². The minimum absolute atomic E-state index is 0.0582. The molecule has 1 aliphatic heterocycles. The minimum atomic E-state index is -3.44. The van der Waals surface area contributed by atoms with E-state index in [1.807, 2.05) is 19.1 Å². The number of carbonyl (C=O) groups is 1. The predicted molar refractivity (Wildman–Crippen MR) is 124 cm³/mol. The molecule has 1 heterocycles. The number of benzene rings is 2. The molecule has 1 saturated heterocycles. The number of aryl methyl sites for hydroxylation is 1. The van der Waals surface area contributed by atoms with Gasteiger partial charge in [-0.2, -0.15) is 4.31 Å². The van der Waals surface area contributed by atoms with Crippen molar-refractivity contribution < 1.29 is 13.2 Å². The third-order valence-corrected chi connectivity index (χ3v) is 8.26. The molecule has 31 heavy (non-hydrogen) atoms. The monoisotopic (exact) mass is 442 g/mol. The Kier molecular flexibility index (Phi) is 7.89. The highest BCUT2D eigenvalue weighted by Crippen LogP contribution is 2.27. The van der Waals surface area contributed by atoms with Crippen molar-refractivity contribution in [3.8, 4) is 0 Å². The van der Waals surface area contributed by atoms with Gasteiger partial charge in [0.05, 0.1) is 4.90 Å². The summed E-state index contributed by atoms with van der Waals surface area (Å²) in [7, 11) is -3.44. The van der Waals surface area contributed by atoms with Crippen LogP contribution < -0.4 is 5.32 Å². The van der Waals surface area contributed by atoms with E-state index in [0.717, 1.165) is 30.4 Å². The van der Waals surface area contributed by atoms with Crippen molar-refractivity contribution in [2.45, 2.75) is 63.8 Å². The van der Waals surface area contributed by atoms with Crippen molar-refractivity contribution >= 4 is 15.9 Å². The van der Waals surface area contributed by atoms with Gasteiger partial charge in [0.1, 0.15) is 0 Å². The predicted octanol–water partition coefficient (Wildman–Crippen LogP) is 4.62. The molecule has 0 bridgehead atoms. The van der Waals surface area contributed by atoms with E-state index in [2.05, 4.69) is 43.4 Å². The summed E-state index contributed by atoms with van der Waals surface area (Å²) in [6, 6.07) is 15.5. The first-order valence-electron chi connectivity index (χ1n) is 11.2. The van der Waals surface area contributed by atoms with E-state index in [0.29, 0.717) is 42.8 Å². The van der Waals surface area contributed by atoms with Crippen LogP contribution in [0.3, 0.4) is 0 Å². The van der Waals surface area contributed by atoms with Crippen molar-refractivity contribution in [2.75, 3.05) is 13.1 Å². The van der Waals surface area contributed by atoms with Crippen molar-refractivity contribution in [3.05, 3.63) is 65.2 Å². The Morgan fingerprint density at radius 2 is 1.71 bits per heavy atom. The maximum atomic E-state index is 12.9. The minimum Gasteiger partial charge on any atom is -0.352 e. The fourth-order valence-corrected chi connectivity index (χ4v) is 5.76. The fraction of sp³-hybridized carbons (Fsp3) is 0.480. The highest BCUT2D eigenvalue weighted by molar-refractivity contribution is 7.89. The van der Waals surface area contributed by atoms with E-state index < -0.39 is 10.0 Å². The first-order chi connectivity index (χ1) is 14.8. The number of nitrogens with zero attached hydrogens (tertiary/aromatic N) is 1. The zero-order valence-electron chi connectivity index (χ0n) is 18.8. The second-order valence-corrected chi connectivity index (χ2v) is 10.7. The summed E-state index contributed by atoms with van der Waals surface area (Å²) in [5.74, 6) is 0.948. The van der Waals surface area contributed by atoms with Gasteiger partial charge in [-0.25, -0.2) is 8.42 Å². The first-order valence-corrected chi connectivity index (χ1v) is 12.6. The molecule has 2 aromatic carbocycles. The Labute approximate surface area is 186 Å². The van der Waals surface area contributed by atoms with E-state index in [-0.39, 0.29) is 5.91 Å². The molecule has 168 valence electrons. The smallest absolute Gasteiger partial charge is 0.243 e. The summed E-state index contributed by atoms with van der Waals surface area (Å²) < 4.78 is 27.4. The van der Waals surface area contributed by atoms with Gasteiger partial charge in [0.25, 0.3) is 0 Å². The molecule has 0 aliphatic carbocycles. The van der Waals surface area contributed by atoms with Gasteiger partial charge in [-0.15, -0.1) is 0 Å². The molecule has 0 atom stereocenters. The lowest BCUT2D eigenvalue weighted by molar-refractivity contribution is -0.121. The number of carbonyl (C=O) groups excluding carboxylic acids is 1. The summed E-state index contributed by atoms with van der Waals surface area (Å²) in [5, 5.41) is 3.00. The Morgan fingerprint density at radius 1 is 1.06 bits per heavy atom. The van der Waals surface area contributed by atoms with E-state index in [1.54, 1.807) is 16.4 Å². The van der Waals surface area contributed by atoms with Gasteiger partial charge in [0.2, 0.25) is 15.9 Å². The quantitative estimate of drug-likeness (QED) is 0.649. The number of rotatable bonds is 8. The van der Waals surface area contributed by atoms with Crippen LogP contribution >= 0.6 is 0 Å². The van der Waals surface area contributed by atoms with Gasteiger partial charge in [-0.05, 0) is 60.8 Å². The molecule has 5 nitrogen and oxygen atoms in total. The Bertz CT molecular complexity index is 976. The summed E-state index contributed by atoms with van der Waals surface area (Å²) in [5.41, 5.74) is 3.18. The van der Waals surface area contributed by atoms with Crippen LogP contribution in [0.5, 0.6) is 0 Å². The fourth-order valence-electron chi connectivity index (χ4n) is 4.07. The molecule has 0 aromatic heterocycles. The normalized spacial score (nSPS) is 15.9. The molecule has 6 heteroatoms. The number of nitrogens with one attached hydrogen (secondary N) is 1. The van der Waals surface area contributed by atoms with Crippen LogP contribution in [-0.2, 0) is 21.4 Å². The zero-order chi connectivity index (χ0) is 22.4. The van der Waals surface area contributed by atoms with Crippen LogP contribution in [0, 0.1) is 12.8 Å². The molecular weight excluding hydrogens is 408 g/mol. The summed E-state index contributed by atoms with van der Waals surface area (Å²) >= 11 is 0. The van der Waals surface area contributed by atoms with Crippen LogP contribution in [0.1, 0.15) is 62.1 Å². The van der Waals surface area contributed by atoms with Gasteiger partial charge < -0.3 is 5.32 Å². The first kappa shape index (κ1) is 23.5. The lowest BCUT2D eigenvalue weighted by Gasteiger charge is -2.31. The Morgan fingerprint density at radius 3 is 2.32 bits per heavy atom. The van der Waals surface area contributed by atoms with Gasteiger partial charge in [-0.1, -0.05) is 56.3 Å². The molecular formula is C25H34N2O3S. The molecule has 3 rings (SSSR count). The average Bonchev–Trinajstić information content (AvgIpc) is 2.77. The SMILES string of the molecule is Cc1ccccc1S(=O)(=O)N1CCC(CCC(=O)NCc2ccc(C(C)C)cc2)CC1. The highest BCUT2D eigenvalue weighted by Gasteiger charge is 2.30. The van der Waals surface area contributed by atoms with Crippen molar-refractivity contribution in [2.24, 2.45) is 5.92 Å². The maximum Gasteiger partial charge on any atom is 0.243 e. The van der Waals surface area contributed by atoms with Gasteiger partial charge in [-0.3, -0.25) is 4.79 Å². The molecule has 0 spiro atoms. The number of hydrogen-bond donors (Lipinski definition) is 1. The molecule has 0 radical (unpaired) electrons. The van der Waals surface area contributed by atoms with E-state index in [9.17, 15) is 13.2 Å². The van der Waals surface area contributed by atoms with Crippen LogP contribution in [0.2, 0.25) is 0 Å². The zero-order valence-corrected chi connectivity index (χ0v) is 19.6. The van der Waals surface area contributed by atoms with Crippen LogP contribution in [-0.4, -0.2) is 31.7 Å². The number of sulfonamides is 1. The second kappa shape index (κ2) is 10.4. The molecule has 1 aliphatic rings. The van der Waals surface area contributed by atoms with E-state index in [4.69, 9.17) is 0 Å². The topological polar surface area (TPSA) is 66.5 Å². The second-order valence-electron chi connectivity index (χ2n) is 8.82. The summed E-state index contributed by atoms with van der Waals surface area (Å²) in [4.78, 5) is 12.7. The molecule has 0 unspecified atom stereocenters. The standard InChI is InChI=1S/C25H34N2O3S/c1-19(2)23-11-8-22(9-12-23)18-26-25(28)13-10-21-14-16-27(17-15-21)31(29,30)24-7-5-4-6-20(24)3/h4-9,11-12,19,21H,10,13-18H2,1-3H3,(H,26,28). The summed E-state index contributed by atoms with van der Waals surface area (Å²) in [6.45, 7) is 7.75. The van der Waals surface area contributed by atoms with Gasteiger partial charge >= 0.3 is 0 Å². The molecule has 0 saturated carbocycles. The molecule has 1 amide bonds. The average molecular weight is 443 g/mol. The van der Waals surface area contributed by atoms with Crippen molar-refractivity contribution in [1.29, 1.82) is 0 Å². The van der Waals surface area contributed by atoms with Crippen LogP contribution in [0.15, 0.2) is 53.4 Å². The lowest BCUT2D eigenvalue weighted by atomic mass is 9.93. The van der Waals surface area contributed by atoms with Gasteiger partial charge in [0.15, 0.2) is 0 Å². The van der Waals surface area contributed by atoms with Crippen molar-refractivity contribution in [3.63, 3.8) is 0 Å². The van der Waals surface area contributed by atoms with Crippen LogP contribution in [0.4, 0.5) is 0 Å². The number of hydrogen-bond acceptors (Lipinski definition) is 3. The largest absolute Gasteiger partial charge is 0.352 e. The van der Waals surface area contributed by atoms with E-state index in [1.165, 1.54) is 5.56 Å².